The molecule has 1 aliphatic heterocycles. The van der Waals surface area contributed by atoms with Crippen LogP contribution >= 0.6 is 0 Å². The van der Waals surface area contributed by atoms with Gasteiger partial charge in [0.1, 0.15) is 0 Å². The number of unbranched alkanes of at least 4 members (excludes halogenated alkanes) is 22. The molecule has 1 N–H and O–H groups in total. The van der Waals surface area contributed by atoms with Gasteiger partial charge >= 0.3 is 0 Å². The van der Waals surface area contributed by atoms with Crippen LogP contribution in [0.2, 0.25) is 0 Å². The quantitative estimate of drug-likeness (QED) is 0.0519. The molecule has 0 radical (unpaired) electrons. The van der Waals surface area contributed by atoms with Crippen LogP contribution in [0.1, 0.15) is 194 Å². The molecule has 0 aliphatic carbocycles. The topological polar surface area (TPSA) is 30.5 Å². The zero-order chi connectivity index (χ0) is 35.0. The van der Waals surface area contributed by atoms with Gasteiger partial charge in [0.2, 0.25) is 0 Å². The first-order valence-corrected chi connectivity index (χ1v) is 21.8. The molecule has 1 heterocycles. The third-order valence-electron chi connectivity index (χ3n) is 10.1. The van der Waals surface area contributed by atoms with Crippen molar-refractivity contribution in [1.82, 2.24) is 5.32 Å². The molecule has 0 spiro atoms. The summed E-state index contributed by atoms with van der Waals surface area (Å²) in [5.41, 5.74) is 0. The molecule has 0 bridgehead atoms. The monoisotopic (exact) mass is 684 g/mol. The van der Waals surface area contributed by atoms with Gasteiger partial charge in [-0.15, -0.1) is 0 Å². The Morgan fingerprint density at radius 1 is 0.388 bits per heavy atom. The molecule has 1 saturated heterocycles. The van der Waals surface area contributed by atoms with Gasteiger partial charge in [0.05, 0.1) is 13.2 Å². The third-order valence-corrected chi connectivity index (χ3v) is 10.1. The van der Waals surface area contributed by atoms with Crippen LogP contribution < -0.4 is 5.32 Å². The van der Waals surface area contributed by atoms with Crippen LogP contribution in [-0.2, 0) is 9.47 Å². The first-order valence-electron chi connectivity index (χ1n) is 21.8. The fourth-order valence-corrected chi connectivity index (χ4v) is 6.74. The molecule has 1 unspecified atom stereocenters. The Bertz CT molecular complexity index is 694. The predicted molar refractivity (Wildman–Crippen MR) is 219 cm³/mol. The van der Waals surface area contributed by atoms with Gasteiger partial charge in [-0.3, -0.25) is 0 Å². The molecule has 1 rings (SSSR count). The molecule has 0 aromatic heterocycles. The molecule has 2 atom stereocenters. The third kappa shape index (κ3) is 33.7. The summed E-state index contributed by atoms with van der Waals surface area (Å²) in [6, 6.07) is 0. The van der Waals surface area contributed by atoms with Crippen molar-refractivity contribution in [2.45, 2.75) is 194 Å². The van der Waals surface area contributed by atoms with Crippen LogP contribution in [-0.4, -0.2) is 39.5 Å². The summed E-state index contributed by atoms with van der Waals surface area (Å²) in [4.78, 5) is 0. The van der Waals surface area contributed by atoms with Crippen LogP contribution in [0.3, 0.4) is 0 Å². The highest BCUT2D eigenvalue weighted by molar-refractivity contribution is 4.93. The summed E-state index contributed by atoms with van der Waals surface area (Å²) in [5, 5.41) is 3.57. The lowest BCUT2D eigenvalue weighted by Gasteiger charge is -2.18. The fraction of sp³-hybridized carbons (Fsp3) is 0.826. The molecule has 0 amide bonds. The van der Waals surface area contributed by atoms with E-state index in [9.17, 15) is 0 Å². The Balaban J connectivity index is 1.80. The molecular weight excluding hydrogens is 599 g/mol. The minimum absolute atomic E-state index is 0.620. The van der Waals surface area contributed by atoms with Crippen LogP contribution in [0.15, 0.2) is 48.6 Å². The summed E-state index contributed by atoms with van der Waals surface area (Å²) >= 11 is 0. The van der Waals surface area contributed by atoms with Crippen LogP contribution in [0.25, 0.3) is 0 Å². The molecule has 3 heteroatoms. The number of ether oxygens (including phenoxy) is 2. The average Bonchev–Trinajstić information content (AvgIpc) is 3.57. The lowest BCUT2D eigenvalue weighted by atomic mass is 9.98. The van der Waals surface area contributed by atoms with E-state index in [2.05, 4.69) is 67.8 Å². The van der Waals surface area contributed by atoms with Crippen molar-refractivity contribution in [3.8, 4) is 0 Å². The number of nitrogens with one attached hydrogen (secondary N) is 1. The van der Waals surface area contributed by atoms with Gasteiger partial charge in [0.25, 0.3) is 0 Å². The van der Waals surface area contributed by atoms with Gasteiger partial charge in [-0.1, -0.05) is 165 Å². The van der Waals surface area contributed by atoms with E-state index in [1.165, 1.54) is 167 Å². The van der Waals surface area contributed by atoms with Crippen molar-refractivity contribution in [1.29, 1.82) is 0 Å². The summed E-state index contributed by atoms with van der Waals surface area (Å²) < 4.78 is 12.2. The number of rotatable bonds is 38. The molecular formula is C46H85NO2. The average molecular weight is 684 g/mol. The summed E-state index contributed by atoms with van der Waals surface area (Å²) in [6.45, 7) is 10.4. The van der Waals surface area contributed by atoms with Crippen LogP contribution in [0.5, 0.6) is 0 Å². The number of hydrogen-bond donors (Lipinski definition) is 1. The minimum atomic E-state index is 0.620. The number of hydrogen-bond acceptors (Lipinski definition) is 3. The van der Waals surface area contributed by atoms with Crippen LogP contribution in [0.4, 0.5) is 0 Å². The van der Waals surface area contributed by atoms with Crippen molar-refractivity contribution in [2.75, 3.05) is 39.5 Å². The van der Waals surface area contributed by atoms with E-state index < -0.39 is 0 Å². The van der Waals surface area contributed by atoms with Crippen molar-refractivity contribution < 1.29 is 9.47 Å². The zero-order valence-electron chi connectivity index (χ0n) is 33.1. The molecule has 1 fully saturated rings. The maximum Gasteiger partial charge on any atom is 0.0510 e. The largest absolute Gasteiger partial charge is 0.381 e. The molecule has 0 aromatic carbocycles. The first kappa shape index (κ1) is 45.9. The lowest BCUT2D eigenvalue weighted by Crippen LogP contribution is -2.23. The van der Waals surface area contributed by atoms with E-state index in [-0.39, 0.29) is 0 Å². The molecule has 1 aliphatic rings. The molecule has 0 aromatic rings. The SMILES string of the molecule is CCCCCC=CCC=CCCCCCCCCCCOCC1CNC[C@H]1COCCCCCCCCCCC=CCC=CCCCCC. The van der Waals surface area contributed by atoms with E-state index in [0.29, 0.717) is 11.8 Å². The second-order valence-electron chi connectivity index (χ2n) is 14.9. The Morgan fingerprint density at radius 2 is 0.694 bits per heavy atom. The standard InChI is InChI=1S/C46H85NO2/c1-3-5-7-9-11-13-15-17-19-21-23-25-27-29-31-33-35-37-39-48-43-45-41-47-42-46(45)44-49-40-38-36-34-32-30-28-26-24-22-20-18-16-14-12-10-8-6-4-2/h11-14,17-20,45-47H,3-10,15-16,21-44H2,1-2H3/t45-,46?/m0/s1. The Morgan fingerprint density at radius 3 is 1.04 bits per heavy atom. The van der Waals surface area contributed by atoms with Crippen molar-refractivity contribution in [2.24, 2.45) is 11.8 Å². The minimum Gasteiger partial charge on any atom is -0.381 e. The Hall–Kier alpha value is -1.16. The second kappa shape index (κ2) is 39.6. The lowest BCUT2D eigenvalue weighted by molar-refractivity contribution is 0.0482. The van der Waals surface area contributed by atoms with Crippen molar-refractivity contribution >= 4 is 0 Å². The predicted octanol–water partition coefficient (Wildman–Crippen LogP) is 14.0. The molecule has 3 nitrogen and oxygen atoms in total. The van der Waals surface area contributed by atoms with Gasteiger partial charge in [-0.2, -0.15) is 0 Å². The summed E-state index contributed by atoms with van der Waals surface area (Å²) in [6.07, 6.45) is 55.8. The maximum atomic E-state index is 6.11. The van der Waals surface area contributed by atoms with Gasteiger partial charge < -0.3 is 14.8 Å². The highest BCUT2D eigenvalue weighted by Crippen LogP contribution is 2.19. The maximum absolute atomic E-state index is 6.11. The van der Waals surface area contributed by atoms with Crippen molar-refractivity contribution in [3.63, 3.8) is 0 Å². The van der Waals surface area contributed by atoms with Crippen molar-refractivity contribution in [3.05, 3.63) is 48.6 Å². The van der Waals surface area contributed by atoms with E-state index >= 15 is 0 Å². The normalized spacial score (nSPS) is 16.9. The van der Waals surface area contributed by atoms with Crippen LogP contribution in [0, 0.1) is 11.8 Å². The van der Waals surface area contributed by atoms with E-state index in [1.54, 1.807) is 0 Å². The molecule has 0 saturated carbocycles. The van der Waals surface area contributed by atoms with E-state index in [0.717, 1.165) is 52.4 Å². The Kier molecular flexibility index (Phi) is 37.1. The fourth-order valence-electron chi connectivity index (χ4n) is 6.74. The van der Waals surface area contributed by atoms with Gasteiger partial charge in [0.15, 0.2) is 0 Å². The summed E-state index contributed by atoms with van der Waals surface area (Å²) in [7, 11) is 0. The highest BCUT2D eigenvalue weighted by Gasteiger charge is 2.27. The molecule has 286 valence electrons. The number of allylic oxidation sites excluding steroid dienone is 8. The van der Waals surface area contributed by atoms with Gasteiger partial charge in [0, 0.05) is 38.1 Å². The smallest absolute Gasteiger partial charge is 0.0510 e. The zero-order valence-corrected chi connectivity index (χ0v) is 33.1. The van der Waals surface area contributed by atoms with E-state index in [4.69, 9.17) is 9.47 Å². The van der Waals surface area contributed by atoms with E-state index in [1.807, 2.05) is 0 Å². The van der Waals surface area contributed by atoms with Gasteiger partial charge in [-0.05, 0) is 77.0 Å². The molecule has 49 heavy (non-hydrogen) atoms. The first-order chi connectivity index (χ1) is 24.4. The summed E-state index contributed by atoms with van der Waals surface area (Å²) in [5.74, 6) is 1.24. The Labute approximate surface area is 307 Å². The second-order valence-corrected chi connectivity index (χ2v) is 14.9. The van der Waals surface area contributed by atoms with Gasteiger partial charge in [-0.25, -0.2) is 0 Å². The highest BCUT2D eigenvalue weighted by atomic mass is 16.5.